The second kappa shape index (κ2) is 8.83. The number of nitrogens with one attached hydrogen (secondary N) is 1. The van der Waals surface area contributed by atoms with E-state index in [1.807, 2.05) is 13.8 Å². The number of nitro groups is 1. The van der Waals surface area contributed by atoms with Gasteiger partial charge in [0.05, 0.1) is 11.0 Å². The highest BCUT2D eigenvalue weighted by Gasteiger charge is 2.14. The van der Waals surface area contributed by atoms with Crippen LogP contribution in [0.1, 0.15) is 19.4 Å². The maximum atomic E-state index is 12.4. The number of nitro benzene ring substituents is 1. The lowest BCUT2D eigenvalue weighted by molar-refractivity contribution is -0.384. The Balaban J connectivity index is 2.24. The minimum absolute atomic E-state index is 0.0220. The third-order valence-corrected chi connectivity index (χ3v) is 3.63. The van der Waals surface area contributed by atoms with Gasteiger partial charge in [-0.1, -0.05) is 23.7 Å². The van der Waals surface area contributed by atoms with Gasteiger partial charge in [-0.05, 0) is 43.7 Å². The highest BCUT2D eigenvalue weighted by atomic mass is 35.5. The Morgan fingerprint density at radius 3 is 2.70 bits per heavy atom. The average Bonchev–Trinajstić information content (AvgIpc) is 2.60. The molecule has 0 saturated heterocycles. The molecule has 0 fully saturated rings. The summed E-state index contributed by atoms with van der Waals surface area (Å²) < 4.78 is 5.56. The first-order valence-electron chi connectivity index (χ1n) is 7.94. The number of amides is 1. The largest absolute Gasteiger partial charge is 0.491 e. The van der Waals surface area contributed by atoms with Gasteiger partial charge in [0.25, 0.3) is 11.6 Å². The van der Waals surface area contributed by atoms with Crippen molar-refractivity contribution in [1.29, 1.82) is 5.26 Å². The molecule has 2 aromatic carbocycles. The zero-order valence-corrected chi connectivity index (χ0v) is 15.4. The molecule has 0 saturated carbocycles. The monoisotopic (exact) mass is 385 g/mol. The second-order valence-corrected chi connectivity index (χ2v) is 6.19. The molecule has 8 heteroatoms. The number of carbonyl (C=O) groups is 1. The van der Waals surface area contributed by atoms with Gasteiger partial charge < -0.3 is 10.1 Å². The van der Waals surface area contributed by atoms with Crippen molar-refractivity contribution in [2.45, 2.75) is 20.0 Å². The lowest BCUT2D eigenvalue weighted by Crippen LogP contribution is -2.13. The van der Waals surface area contributed by atoms with E-state index < -0.39 is 10.8 Å². The summed E-state index contributed by atoms with van der Waals surface area (Å²) in [6.07, 6.45) is 1.24. The summed E-state index contributed by atoms with van der Waals surface area (Å²) in [5, 5.41) is 22.8. The van der Waals surface area contributed by atoms with Crippen molar-refractivity contribution in [3.63, 3.8) is 0 Å². The van der Waals surface area contributed by atoms with E-state index in [1.165, 1.54) is 24.3 Å². The Morgan fingerprint density at radius 2 is 2.07 bits per heavy atom. The molecule has 0 aliphatic carbocycles. The predicted molar refractivity (Wildman–Crippen MR) is 103 cm³/mol. The van der Waals surface area contributed by atoms with Crippen LogP contribution in [0, 0.1) is 21.4 Å². The summed E-state index contributed by atoms with van der Waals surface area (Å²) in [7, 11) is 0. The Bertz CT molecular complexity index is 948. The van der Waals surface area contributed by atoms with Crippen molar-refractivity contribution >= 4 is 35.0 Å². The number of nitrogens with zero attached hydrogens (tertiary/aromatic N) is 2. The van der Waals surface area contributed by atoms with Crippen LogP contribution in [0.2, 0.25) is 5.02 Å². The van der Waals surface area contributed by atoms with Crippen molar-refractivity contribution in [2.24, 2.45) is 0 Å². The molecular weight excluding hydrogens is 370 g/mol. The standard InChI is InChI=1S/C19H16ClN3O4/c1-12(2)27-16-5-3-4-15(10-16)22-19(24)14(11-21)8-13-6-7-17(20)18(9-13)23(25)26/h3-10,12H,1-2H3,(H,22,24)/b14-8-. The summed E-state index contributed by atoms with van der Waals surface area (Å²) in [5.74, 6) is -0.0598. The van der Waals surface area contributed by atoms with E-state index in [1.54, 1.807) is 30.3 Å². The lowest BCUT2D eigenvalue weighted by atomic mass is 10.1. The van der Waals surface area contributed by atoms with Gasteiger partial charge in [0.1, 0.15) is 22.4 Å². The number of hydrogen-bond acceptors (Lipinski definition) is 5. The normalized spacial score (nSPS) is 11.0. The fourth-order valence-corrected chi connectivity index (χ4v) is 2.38. The van der Waals surface area contributed by atoms with Crippen LogP contribution in [0.4, 0.5) is 11.4 Å². The van der Waals surface area contributed by atoms with Gasteiger partial charge >= 0.3 is 0 Å². The summed E-state index contributed by atoms with van der Waals surface area (Å²) in [6, 6.07) is 12.6. The fraction of sp³-hybridized carbons (Fsp3) is 0.158. The number of ether oxygens (including phenoxy) is 1. The molecule has 7 nitrogen and oxygen atoms in total. The number of hydrogen-bond donors (Lipinski definition) is 1. The molecule has 1 amide bonds. The Hall–Kier alpha value is -3.37. The van der Waals surface area contributed by atoms with Gasteiger partial charge in [0.2, 0.25) is 0 Å². The number of carbonyl (C=O) groups excluding carboxylic acids is 1. The summed E-state index contributed by atoms with van der Waals surface area (Å²) in [4.78, 5) is 22.7. The van der Waals surface area contributed by atoms with Crippen molar-refractivity contribution in [3.05, 3.63) is 68.7 Å². The fourth-order valence-electron chi connectivity index (χ4n) is 2.19. The predicted octanol–water partition coefficient (Wildman–Crippen LogP) is 4.58. The van der Waals surface area contributed by atoms with Crippen LogP contribution >= 0.6 is 11.6 Å². The van der Waals surface area contributed by atoms with Gasteiger partial charge in [0, 0.05) is 17.8 Å². The Morgan fingerprint density at radius 1 is 1.33 bits per heavy atom. The van der Waals surface area contributed by atoms with Crippen LogP contribution in [0.25, 0.3) is 6.08 Å². The molecule has 0 radical (unpaired) electrons. The van der Waals surface area contributed by atoms with Crippen LogP contribution in [0.5, 0.6) is 5.75 Å². The number of anilines is 1. The molecule has 138 valence electrons. The van der Waals surface area contributed by atoms with Crippen LogP contribution in [-0.2, 0) is 4.79 Å². The lowest BCUT2D eigenvalue weighted by Gasteiger charge is -2.11. The van der Waals surface area contributed by atoms with Crippen molar-refractivity contribution in [2.75, 3.05) is 5.32 Å². The van der Waals surface area contributed by atoms with E-state index >= 15 is 0 Å². The molecule has 2 aromatic rings. The Kier molecular flexibility index (Phi) is 6.52. The quantitative estimate of drug-likeness (QED) is 0.339. The van der Waals surface area contributed by atoms with E-state index in [9.17, 15) is 20.2 Å². The second-order valence-electron chi connectivity index (χ2n) is 5.79. The third-order valence-electron chi connectivity index (χ3n) is 3.31. The van der Waals surface area contributed by atoms with Crippen LogP contribution < -0.4 is 10.1 Å². The van der Waals surface area contributed by atoms with Crippen LogP contribution in [0.3, 0.4) is 0 Å². The van der Waals surface area contributed by atoms with E-state index in [0.717, 1.165) is 0 Å². The van der Waals surface area contributed by atoms with Gasteiger partial charge in [0.15, 0.2) is 0 Å². The van der Waals surface area contributed by atoms with E-state index in [-0.39, 0.29) is 22.4 Å². The molecule has 0 bridgehead atoms. The summed E-state index contributed by atoms with van der Waals surface area (Å²) in [6.45, 7) is 3.76. The first-order valence-corrected chi connectivity index (χ1v) is 8.31. The van der Waals surface area contributed by atoms with Crippen LogP contribution in [-0.4, -0.2) is 16.9 Å². The molecule has 0 unspecified atom stereocenters. The van der Waals surface area contributed by atoms with Crippen LogP contribution in [0.15, 0.2) is 48.0 Å². The minimum atomic E-state index is -0.642. The van der Waals surface area contributed by atoms with Crippen molar-refractivity contribution in [1.82, 2.24) is 0 Å². The van der Waals surface area contributed by atoms with E-state index in [4.69, 9.17) is 16.3 Å². The maximum absolute atomic E-state index is 12.4. The first-order chi connectivity index (χ1) is 12.8. The number of benzene rings is 2. The van der Waals surface area contributed by atoms with E-state index in [0.29, 0.717) is 17.0 Å². The molecule has 2 rings (SSSR count). The summed E-state index contributed by atoms with van der Waals surface area (Å²) >= 11 is 5.76. The molecule has 0 atom stereocenters. The molecule has 0 heterocycles. The average molecular weight is 386 g/mol. The van der Waals surface area contributed by atoms with Gasteiger partial charge in [-0.15, -0.1) is 0 Å². The van der Waals surface area contributed by atoms with Crippen molar-refractivity contribution in [3.8, 4) is 11.8 Å². The number of rotatable bonds is 6. The SMILES string of the molecule is CC(C)Oc1cccc(NC(=O)/C(C#N)=C\c2ccc(Cl)c([N+](=O)[O-])c2)c1. The third kappa shape index (κ3) is 5.56. The summed E-state index contributed by atoms with van der Waals surface area (Å²) in [5.41, 5.74) is 0.263. The van der Waals surface area contributed by atoms with Crippen molar-refractivity contribution < 1.29 is 14.5 Å². The zero-order valence-electron chi connectivity index (χ0n) is 14.6. The van der Waals surface area contributed by atoms with Gasteiger partial charge in [-0.2, -0.15) is 5.26 Å². The van der Waals surface area contributed by atoms with Gasteiger partial charge in [-0.3, -0.25) is 14.9 Å². The molecule has 1 N–H and O–H groups in total. The molecular formula is C19H16ClN3O4. The minimum Gasteiger partial charge on any atom is -0.491 e. The van der Waals surface area contributed by atoms with E-state index in [2.05, 4.69) is 5.32 Å². The number of nitriles is 1. The highest BCUT2D eigenvalue weighted by Crippen LogP contribution is 2.26. The molecule has 0 spiro atoms. The Labute approximate surface area is 161 Å². The highest BCUT2D eigenvalue weighted by molar-refractivity contribution is 6.32. The molecule has 0 aliphatic heterocycles. The molecule has 0 aliphatic rings. The number of halogens is 1. The molecule has 0 aromatic heterocycles. The topological polar surface area (TPSA) is 105 Å². The van der Waals surface area contributed by atoms with Gasteiger partial charge in [-0.25, -0.2) is 0 Å². The smallest absolute Gasteiger partial charge is 0.288 e. The zero-order chi connectivity index (χ0) is 20.0. The first kappa shape index (κ1) is 19.9. The maximum Gasteiger partial charge on any atom is 0.288 e. The molecule has 27 heavy (non-hydrogen) atoms.